The lowest BCUT2D eigenvalue weighted by molar-refractivity contribution is 0.504. The Morgan fingerprint density at radius 3 is 2.94 bits per heavy atom. The monoisotopic (exact) mass is 283 g/mol. The molecule has 3 heteroatoms. The summed E-state index contributed by atoms with van der Waals surface area (Å²) in [5, 5.41) is 3.32. The Morgan fingerprint density at radius 2 is 2.31 bits per heavy atom. The Morgan fingerprint density at radius 1 is 1.56 bits per heavy atom. The SMILES string of the molecule is C#CCC(CC)NCc1cccc(F)c1Br. The third kappa shape index (κ3) is 3.62. The molecule has 0 radical (unpaired) electrons. The number of benzene rings is 1. The lowest BCUT2D eigenvalue weighted by Gasteiger charge is -2.14. The van der Waals surface area contributed by atoms with Crippen LogP contribution < -0.4 is 5.32 Å². The first-order valence-electron chi connectivity index (χ1n) is 5.28. The smallest absolute Gasteiger partial charge is 0.137 e. The number of halogens is 2. The van der Waals surface area contributed by atoms with Gasteiger partial charge in [0.2, 0.25) is 0 Å². The van der Waals surface area contributed by atoms with E-state index in [2.05, 4.69) is 34.1 Å². The largest absolute Gasteiger partial charge is 0.309 e. The van der Waals surface area contributed by atoms with Crippen molar-refractivity contribution < 1.29 is 4.39 Å². The molecule has 1 rings (SSSR count). The molecule has 0 heterocycles. The van der Waals surface area contributed by atoms with Gasteiger partial charge >= 0.3 is 0 Å². The zero-order valence-electron chi connectivity index (χ0n) is 9.26. The number of hydrogen-bond donors (Lipinski definition) is 1. The van der Waals surface area contributed by atoms with Gasteiger partial charge in [0.15, 0.2) is 0 Å². The van der Waals surface area contributed by atoms with Crippen molar-refractivity contribution in [1.29, 1.82) is 0 Å². The van der Waals surface area contributed by atoms with Crippen LogP contribution in [0.1, 0.15) is 25.3 Å². The molecule has 1 aromatic carbocycles. The van der Waals surface area contributed by atoms with E-state index in [-0.39, 0.29) is 5.82 Å². The fourth-order valence-electron chi connectivity index (χ4n) is 1.44. The molecule has 1 aromatic rings. The molecule has 0 fully saturated rings. The van der Waals surface area contributed by atoms with E-state index in [1.54, 1.807) is 6.07 Å². The standard InChI is InChI=1S/C13H15BrFN/c1-3-6-11(4-2)16-9-10-7-5-8-12(15)13(10)14/h1,5,7-8,11,16H,4,6,9H2,2H3. The van der Waals surface area contributed by atoms with Gasteiger partial charge in [0.1, 0.15) is 5.82 Å². The second-order valence-corrected chi connectivity index (χ2v) is 4.40. The van der Waals surface area contributed by atoms with E-state index >= 15 is 0 Å². The summed E-state index contributed by atoms with van der Waals surface area (Å²) in [6, 6.07) is 5.33. The second-order valence-electron chi connectivity index (χ2n) is 3.61. The lowest BCUT2D eigenvalue weighted by Crippen LogP contribution is -2.27. The third-order valence-electron chi connectivity index (χ3n) is 2.47. The van der Waals surface area contributed by atoms with E-state index in [0.29, 0.717) is 23.5 Å². The Labute approximate surface area is 105 Å². The minimum Gasteiger partial charge on any atom is -0.309 e. The van der Waals surface area contributed by atoms with Crippen molar-refractivity contribution in [3.63, 3.8) is 0 Å². The summed E-state index contributed by atoms with van der Waals surface area (Å²) in [4.78, 5) is 0. The number of nitrogens with one attached hydrogen (secondary N) is 1. The van der Waals surface area contributed by atoms with E-state index in [4.69, 9.17) is 6.42 Å². The molecular weight excluding hydrogens is 269 g/mol. The predicted molar refractivity (Wildman–Crippen MR) is 68.5 cm³/mol. The Balaban J connectivity index is 2.60. The van der Waals surface area contributed by atoms with Crippen LogP contribution in [0.25, 0.3) is 0 Å². The van der Waals surface area contributed by atoms with Crippen LogP contribution in [0.4, 0.5) is 4.39 Å². The summed E-state index contributed by atoms with van der Waals surface area (Å²) < 4.78 is 13.8. The first kappa shape index (κ1) is 13.2. The summed E-state index contributed by atoms with van der Waals surface area (Å²) in [6.45, 7) is 2.70. The van der Waals surface area contributed by atoms with Crippen LogP contribution in [-0.2, 0) is 6.54 Å². The van der Waals surface area contributed by atoms with Crippen molar-refractivity contribution >= 4 is 15.9 Å². The second kappa shape index (κ2) is 6.67. The van der Waals surface area contributed by atoms with E-state index in [1.165, 1.54) is 6.07 Å². The molecule has 86 valence electrons. The maximum atomic E-state index is 13.2. The molecule has 1 atom stereocenters. The molecule has 0 amide bonds. The van der Waals surface area contributed by atoms with E-state index in [9.17, 15) is 4.39 Å². The molecular formula is C13H15BrFN. The molecule has 0 aliphatic rings. The fourth-order valence-corrected chi connectivity index (χ4v) is 1.85. The van der Waals surface area contributed by atoms with Gasteiger partial charge in [0.05, 0.1) is 4.47 Å². The average molecular weight is 284 g/mol. The summed E-state index contributed by atoms with van der Waals surface area (Å²) >= 11 is 3.24. The minimum atomic E-state index is -0.232. The maximum Gasteiger partial charge on any atom is 0.137 e. The molecule has 0 spiro atoms. The van der Waals surface area contributed by atoms with Crippen molar-refractivity contribution in [3.8, 4) is 12.3 Å². The summed E-state index contributed by atoms with van der Waals surface area (Å²) in [7, 11) is 0. The van der Waals surface area contributed by atoms with Gasteiger partial charge in [0, 0.05) is 19.0 Å². The van der Waals surface area contributed by atoms with Gasteiger partial charge < -0.3 is 5.32 Å². The van der Waals surface area contributed by atoms with Crippen LogP contribution in [0.15, 0.2) is 22.7 Å². The zero-order chi connectivity index (χ0) is 12.0. The highest BCUT2D eigenvalue weighted by molar-refractivity contribution is 9.10. The van der Waals surface area contributed by atoms with Gasteiger partial charge in [-0.25, -0.2) is 4.39 Å². The van der Waals surface area contributed by atoms with Gasteiger partial charge in [-0.05, 0) is 34.0 Å². The summed E-state index contributed by atoms with van der Waals surface area (Å²) in [6.07, 6.45) is 6.94. The van der Waals surface area contributed by atoms with Gasteiger partial charge in [-0.15, -0.1) is 12.3 Å². The molecule has 0 aliphatic carbocycles. The normalized spacial score (nSPS) is 12.1. The highest BCUT2D eigenvalue weighted by atomic mass is 79.9. The molecule has 0 saturated heterocycles. The van der Waals surface area contributed by atoms with Crippen LogP contribution >= 0.6 is 15.9 Å². The first-order valence-corrected chi connectivity index (χ1v) is 6.08. The zero-order valence-corrected chi connectivity index (χ0v) is 10.8. The van der Waals surface area contributed by atoms with Gasteiger partial charge in [-0.1, -0.05) is 19.1 Å². The van der Waals surface area contributed by atoms with Crippen LogP contribution in [-0.4, -0.2) is 6.04 Å². The lowest BCUT2D eigenvalue weighted by atomic mass is 10.1. The van der Waals surface area contributed by atoms with E-state index < -0.39 is 0 Å². The summed E-state index contributed by atoms with van der Waals surface area (Å²) in [5.74, 6) is 2.40. The molecule has 0 bridgehead atoms. The van der Waals surface area contributed by atoms with E-state index in [0.717, 1.165) is 12.0 Å². The quantitative estimate of drug-likeness (QED) is 0.816. The fraction of sp³-hybridized carbons (Fsp3) is 0.385. The van der Waals surface area contributed by atoms with Crippen LogP contribution in [0.2, 0.25) is 0 Å². The molecule has 0 aromatic heterocycles. The molecule has 1 N–H and O–H groups in total. The number of hydrogen-bond acceptors (Lipinski definition) is 1. The highest BCUT2D eigenvalue weighted by Crippen LogP contribution is 2.20. The highest BCUT2D eigenvalue weighted by Gasteiger charge is 2.07. The molecule has 1 nitrogen and oxygen atoms in total. The van der Waals surface area contributed by atoms with Crippen molar-refractivity contribution in [2.45, 2.75) is 32.4 Å². The van der Waals surface area contributed by atoms with Crippen LogP contribution in [0, 0.1) is 18.2 Å². The van der Waals surface area contributed by atoms with Crippen molar-refractivity contribution in [2.75, 3.05) is 0 Å². The van der Waals surface area contributed by atoms with Crippen molar-refractivity contribution in [1.82, 2.24) is 5.32 Å². The number of rotatable bonds is 5. The predicted octanol–water partition coefficient (Wildman–Crippen LogP) is 3.48. The average Bonchev–Trinajstić information content (AvgIpc) is 2.29. The molecule has 16 heavy (non-hydrogen) atoms. The topological polar surface area (TPSA) is 12.0 Å². The maximum absolute atomic E-state index is 13.2. The molecule has 1 unspecified atom stereocenters. The van der Waals surface area contributed by atoms with Gasteiger partial charge in [-0.2, -0.15) is 0 Å². The molecule has 0 saturated carbocycles. The number of terminal acetylenes is 1. The Hall–Kier alpha value is -0.850. The van der Waals surface area contributed by atoms with Gasteiger partial charge in [-0.3, -0.25) is 0 Å². The van der Waals surface area contributed by atoms with Crippen molar-refractivity contribution in [2.24, 2.45) is 0 Å². The van der Waals surface area contributed by atoms with Gasteiger partial charge in [0.25, 0.3) is 0 Å². The van der Waals surface area contributed by atoms with Crippen molar-refractivity contribution in [3.05, 3.63) is 34.1 Å². The van der Waals surface area contributed by atoms with Crippen LogP contribution in [0.3, 0.4) is 0 Å². The van der Waals surface area contributed by atoms with Crippen LogP contribution in [0.5, 0.6) is 0 Å². The minimum absolute atomic E-state index is 0.232. The third-order valence-corrected chi connectivity index (χ3v) is 3.36. The molecule has 0 aliphatic heterocycles. The summed E-state index contributed by atoms with van der Waals surface area (Å²) in [5.41, 5.74) is 0.912. The Kier molecular flexibility index (Phi) is 5.51. The Bertz CT molecular complexity index is 384. The van der Waals surface area contributed by atoms with E-state index in [1.807, 2.05) is 6.07 Å². The first-order chi connectivity index (χ1) is 7.69.